The number of esters is 2. The fourth-order valence-electron chi connectivity index (χ4n) is 3.19. The molecule has 0 aromatic heterocycles. The van der Waals surface area contributed by atoms with Crippen molar-refractivity contribution in [3.8, 4) is 5.75 Å². The Morgan fingerprint density at radius 3 is 2.83 bits per heavy atom. The van der Waals surface area contributed by atoms with Gasteiger partial charge in [0.25, 0.3) is 6.29 Å². The Morgan fingerprint density at radius 2 is 2.09 bits per heavy atom. The molecule has 1 aromatic rings. The maximum Gasteiger partial charge on any atom is 0.338 e. The topological polar surface area (TPSA) is 82.1 Å². The average molecular weight is 314 g/mol. The van der Waals surface area contributed by atoms with Crippen LogP contribution >= 0.6 is 0 Å². The highest BCUT2D eigenvalue weighted by Crippen LogP contribution is 2.48. The third-order valence-electron chi connectivity index (χ3n) is 4.37. The van der Waals surface area contributed by atoms with E-state index in [1.54, 1.807) is 25.1 Å². The lowest BCUT2D eigenvalue weighted by molar-refractivity contribution is -0.152. The van der Waals surface area contributed by atoms with E-state index in [9.17, 15) is 14.7 Å². The fraction of sp³-hybridized carbons (Fsp3) is 0.294. The summed E-state index contributed by atoms with van der Waals surface area (Å²) in [5.41, 5.74) is 2.76. The number of rotatable bonds is 2. The van der Waals surface area contributed by atoms with Crippen LogP contribution in [0.1, 0.15) is 24.2 Å². The van der Waals surface area contributed by atoms with Gasteiger partial charge in [-0.1, -0.05) is 6.07 Å². The number of phenols is 1. The third-order valence-corrected chi connectivity index (χ3v) is 4.37. The molecule has 118 valence electrons. The molecule has 2 aliphatic heterocycles. The van der Waals surface area contributed by atoms with Gasteiger partial charge in [0.05, 0.1) is 11.8 Å². The number of carbonyl (C=O) groups is 2. The molecule has 3 atom stereocenters. The van der Waals surface area contributed by atoms with E-state index in [4.69, 9.17) is 14.2 Å². The number of cyclic esters (lactones) is 1. The Balaban J connectivity index is 1.56. The first-order valence-electron chi connectivity index (χ1n) is 7.30. The van der Waals surface area contributed by atoms with Crippen LogP contribution in [-0.2, 0) is 30.2 Å². The summed E-state index contributed by atoms with van der Waals surface area (Å²) in [7, 11) is 0. The zero-order valence-electron chi connectivity index (χ0n) is 12.3. The molecule has 23 heavy (non-hydrogen) atoms. The van der Waals surface area contributed by atoms with Crippen molar-refractivity contribution in [1.82, 2.24) is 0 Å². The van der Waals surface area contributed by atoms with Crippen LogP contribution in [-0.4, -0.2) is 23.3 Å². The molecule has 6 heteroatoms. The molecule has 4 rings (SSSR count). The normalized spacial score (nSPS) is 29.9. The van der Waals surface area contributed by atoms with Crippen LogP contribution in [0, 0.1) is 5.92 Å². The molecule has 3 unspecified atom stereocenters. The molecule has 1 saturated heterocycles. The first-order chi connectivity index (χ1) is 11.0. The molecule has 0 saturated carbocycles. The predicted molar refractivity (Wildman–Crippen MR) is 76.9 cm³/mol. The van der Waals surface area contributed by atoms with Crippen LogP contribution in [0.5, 0.6) is 5.75 Å². The summed E-state index contributed by atoms with van der Waals surface area (Å²) in [6, 6.07) is 5.08. The number of aromatic hydroxyl groups is 1. The summed E-state index contributed by atoms with van der Waals surface area (Å²) in [6.45, 7) is 1.64. The highest BCUT2D eigenvalue weighted by atomic mass is 16.7. The Morgan fingerprint density at radius 1 is 1.26 bits per heavy atom. The van der Waals surface area contributed by atoms with Crippen molar-refractivity contribution >= 4 is 11.9 Å². The van der Waals surface area contributed by atoms with Crippen LogP contribution in [0.25, 0.3) is 0 Å². The van der Waals surface area contributed by atoms with Gasteiger partial charge in [-0.25, -0.2) is 9.59 Å². The van der Waals surface area contributed by atoms with E-state index in [0.29, 0.717) is 17.6 Å². The number of benzene rings is 1. The van der Waals surface area contributed by atoms with Crippen LogP contribution in [0.4, 0.5) is 0 Å². The quantitative estimate of drug-likeness (QED) is 0.510. The van der Waals surface area contributed by atoms with Gasteiger partial charge in [-0.2, -0.15) is 0 Å². The highest BCUT2D eigenvalue weighted by Gasteiger charge is 2.46. The number of hydrogen-bond donors (Lipinski definition) is 1. The van der Waals surface area contributed by atoms with E-state index in [1.165, 1.54) is 6.26 Å². The lowest BCUT2D eigenvalue weighted by atomic mass is 9.98. The summed E-state index contributed by atoms with van der Waals surface area (Å²) in [6.07, 6.45) is 2.31. The van der Waals surface area contributed by atoms with E-state index in [1.807, 2.05) is 6.07 Å². The minimum absolute atomic E-state index is 0.146. The molecule has 0 spiro atoms. The monoisotopic (exact) mass is 314 g/mol. The van der Waals surface area contributed by atoms with Crippen LogP contribution in [0.2, 0.25) is 0 Å². The molecule has 2 heterocycles. The smallest absolute Gasteiger partial charge is 0.338 e. The van der Waals surface area contributed by atoms with Gasteiger partial charge in [-0.05, 0) is 36.6 Å². The standard InChI is InChI=1S/C17H14O6/c1-8-4-14(22-16(8)19)21-7-13-12-5-9-2-3-10(18)6-11(9)15(12)23-17(13)20/h2-4,6-7,12,14-15,18H,5H2,1H3/b13-7-. The van der Waals surface area contributed by atoms with Gasteiger partial charge in [-0.3, -0.25) is 0 Å². The van der Waals surface area contributed by atoms with E-state index in [-0.39, 0.29) is 11.7 Å². The molecule has 0 amide bonds. The molecule has 0 radical (unpaired) electrons. The highest BCUT2D eigenvalue weighted by molar-refractivity contribution is 5.92. The minimum Gasteiger partial charge on any atom is -0.508 e. The molecule has 1 aromatic carbocycles. The van der Waals surface area contributed by atoms with E-state index in [2.05, 4.69) is 0 Å². The molecular formula is C17H14O6. The Bertz CT molecular complexity index is 775. The Labute approximate surface area is 132 Å². The van der Waals surface area contributed by atoms with Gasteiger partial charge < -0.3 is 19.3 Å². The maximum absolute atomic E-state index is 12.1. The van der Waals surface area contributed by atoms with Gasteiger partial charge >= 0.3 is 11.9 Å². The zero-order chi connectivity index (χ0) is 16.1. The van der Waals surface area contributed by atoms with Gasteiger partial charge in [-0.15, -0.1) is 0 Å². The molecule has 0 bridgehead atoms. The number of carbonyl (C=O) groups excluding carboxylic acids is 2. The SMILES string of the molecule is CC1=CC(O/C=C2\C(=O)OC3c4cc(O)ccc4CC23)OC1=O. The van der Waals surface area contributed by atoms with Crippen LogP contribution < -0.4 is 0 Å². The van der Waals surface area contributed by atoms with E-state index >= 15 is 0 Å². The predicted octanol–water partition coefficient (Wildman–Crippen LogP) is 1.89. The number of ether oxygens (including phenoxy) is 3. The van der Waals surface area contributed by atoms with Gasteiger partial charge in [0, 0.05) is 17.6 Å². The zero-order valence-corrected chi connectivity index (χ0v) is 12.3. The number of phenolic OH excluding ortho intramolecular Hbond substituents is 1. The van der Waals surface area contributed by atoms with Crippen molar-refractivity contribution in [3.05, 3.63) is 52.8 Å². The van der Waals surface area contributed by atoms with Crippen molar-refractivity contribution in [3.63, 3.8) is 0 Å². The van der Waals surface area contributed by atoms with Gasteiger partial charge in [0.1, 0.15) is 11.9 Å². The number of fused-ring (bicyclic) bond motifs is 3. The van der Waals surface area contributed by atoms with Crippen molar-refractivity contribution in [2.24, 2.45) is 5.92 Å². The second kappa shape index (κ2) is 4.87. The second-order valence-electron chi connectivity index (χ2n) is 5.85. The largest absolute Gasteiger partial charge is 0.508 e. The summed E-state index contributed by atoms with van der Waals surface area (Å²) >= 11 is 0. The molecular weight excluding hydrogens is 300 g/mol. The van der Waals surface area contributed by atoms with Gasteiger partial charge in [0.15, 0.2) is 0 Å². The van der Waals surface area contributed by atoms with Crippen molar-refractivity contribution < 1.29 is 28.9 Å². The molecule has 1 N–H and O–H groups in total. The lowest BCUT2D eigenvalue weighted by Crippen LogP contribution is -2.11. The van der Waals surface area contributed by atoms with Gasteiger partial charge in [0.2, 0.25) is 0 Å². The van der Waals surface area contributed by atoms with Crippen LogP contribution in [0.3, 0.4) is 0 Å². The Hall–Kier alpha value is -2.76. The van der Waals surface area contributed by atoms with E-state index in [0.717, 1.165) is 11.1 Å². The summed E-state index contributed by atoms with van der Waals surface area (Å²) in [4.78, 5) is 23.4. The molecule has 6 nitrogen and oxygen atoms in total. The summed E-state index contributed by atoms with van der Waals surface area (Å²) in [5.74, 6) is -0.878. The maximum atomic E-state index is 12.1. The third kappa shape index (κ3) is 2.18. The fourth-order valence-corrected chi connectivity index (χ4v) is 3.19. The Kier molecular flexibility index (Phi) is 2.94. The minimum atomic E-state index is -0.810. The molecule has 1 aliphatic carbocycles. The molecule has 1 fully saturated rings. The van der Waals surface area contributed by atoms with E-state index < -0.39 is 24.3 Å². The lowest BCUT2D eigenvalue weighted by Gasteiger charge is -2.09. The van der Waals surface area contributed by atoms with Crippen molar-refractivity contribution in [2.45, 2.75) is 25.7 Å². The van der Waals surface area contributed by atoms with Crippen LogP contribution in [0.15, 0.2) is 41.7 Å². The van der Waals surface area contributed by atoms with Crippen molar-refractivity contribution in [1.29, 1.82) is 0 Å². The first-order valence-corrected chi connectivity index (χ1v) is 7.30. The molecule has 3 aliphatic rings. The van der Waals surface area contributed by atoms with Crippen molar-refractivity contribution in [2.75, 3.05) is 0 Å². The average Bonchev–Trinajstić information content (AvgIpc) is 3.10. The summed E-state index contributed by atoms with van der Waals surface area (Å²) < 4.78 is 15.8. The second-order valence-corrected chi connectivity index (χ2v) is 5.85. The summed E-state index contributed by atoms with van der Waals surface area (Å²) in [5, 5.41) is 9.61. The number of hydrogen-bond acceptors (Lipinski definition) is 6. The first kappa shape index (κ1) is 13.9.